The van der Waals surface area contributed by atoms with Gasteiger partial charge in [-0.2, -0.15) is 0 Å². The van der Waals surface area contributed by atoms with E-state index in [0.29, 0.717) is 18.9 Å². The summed E-state index contributed by atoms with van der Waals surface area (Å²) in [6.07, 6.45) is 3.47. The molecule has 0 radical (unpaired) electrons. The minimum atomic E-state index is -0.237. The topological polar surface area (TPSA) is 64.7 Å². The highest BCUT2D eigenvalue weighted by molar-refractivity contribution is 5.56. The van der Waals surface area contributed by atoms with E-state index < -0.39 is 0 Å². The first-order valence-corrected chi connectivity index (χ1v) is 8.06. The minimum Gasteiger partial charge on any atom is -0.497 e. The Bertz CT molecular complexity index is 652. The maximum absolute atomic E-state index is 9.71. The molecule has 2 aromatic rings. The number of rotatable bonds is 5. The summed E-state index contributed by atoms with van der Waals surface area (Å²) in [6.45, 7) is 2.31. The second-order valence-corrected chi connectivity index (χ2v) is 6.01. The maximum atomic E-state index is 9.71. The number of benzene rings is 1. The fourth-order valence-corrected chi connectivity index (χ4v) is 2.91. The summed E-state index contributed by atoms with van der Waals surface area (Å²) in [7, 11) is 1.64. The Hall–Kier alpha value is -1.85. The fraction of sp³-hybridized carbons (Fsp3) is 0.500. The Morgan fingerprint density at radius 3 is 3.00 bits per heavy atom. The van der Waals surface area contributed by atoms with Crippen LogP contribution in [0.15, 0.2) is 28.7 Å². The molecule has 1 saturated carbocycles. The molecule has 0 unspecified atom stereocenters. The van der Waals surface area contributed by atoms with E-state index in [1.807, 2.05) is 31.2 Å². The van der Waals surface area contributed by atoms with Crippen LogP contribution in [0.4, 0.5) is 0 Å². The Morgan fingerprint density at radius 1 is 1.35 bits per heavy atom. The van der Waals surface area contributed by atoms with Gasteiger partial charge in [0.1, 0.15) is 17.2 Å². The van der Waals surface area contributed by atoms with Crippen molar-refractivity contribution in [3.63, 3.8) is 0 Å². The number of methoxy groups -OCH3 is 1. The van der Waals surface area contributed by atoms with Gasteiger partial charge in [-0.25, -0.2) is 4.98 Å². The zero-order valence-corrected chi connectivity index (χ0v) is 13.6. The van der Waals surface area contributed by atoms with Gasteiger partial charge in [0.15, 0.2) is 0 Å². The Morgan fingerprint density at radius 2 is 2.22 bits per heavy atom. The molecule has 5 nitrogen and oxygen atoms in total. The summed E-state index contributed by atoms with van der Waals surface area (Å²) in [6, 6.07) is 7.63. The van der Waals surface area contributed by atoms with Crippen LogP contribution in [0.3, 0.4) is 0 Å². The Balaban J connectivity index is 1.68. The van der Waals surface area contributed by atoms with Gasteiger partial charge >= 0.3 is 0 Å². The molecule has 2 atom stereocenters. The molecule has 1 aliphatic rings. The highest BCUT2D eigenvalue weighted by Crippen LogP contribution is 2.27. The van der Waals surface area contributed by atoms with E-state index >= 15 is 0 Å². The monoisotopic (exact) mass is 317 g/mol. The van der Waals surface area contributed by atoms with Crippen molar-refractivity contribution in [2.75, 3.05) is 7.11 Å². The third-order valence-corrected chi connectivity index (χ3v) is 4.26. The van der Waals surface area contributed by atoms with Crippen molar-refractivity contribution in [1.29, 1.82) is 0 Å². The minimum absolute atomic E-state index is 0.107. The van der Waals surface area contributed by atoms with Crippen LogP contribution in [0.5, 0.6) is 5.75 Å². The standard InChI is InChI=1S/C18H23NO4/c1-12-17(11-22-16-8-4-6-14(20)10-16)19-18(23-12)13-5-3-7-15(9-13)21-2/h3,5,7,9,14,16,20H,4,6,8,10-11H2,1-2H3/t14-,16+/m1/s1. The fourth-order valence-electron chi connectivity index (χ4n) is 2.91. The molecule has 0 bridgehead atoms. The summed E-state index contributed by atoms with van der Waals surface area (Å²) < 4.78 is 16.9. The van der Waals surface area contributed by atoms with Crippen LogP contribution in [-0.4, -0.2) is 29.4 Å². The average Bonchev–Trinajstić information content (AvgIpc) is 2.94. The predicted molar refractivity (Wildman–Crippen MR) is 86.3 cm³/mol. The summed E-state index contributed by atoms with van der Waals surface area (Å²) in [5, 5.41) is 9.71. The molecular weight excluding hydrogens is 294 g/mol. The summed E-state index contributed by atoms with van der Waals surface area (Å²) >= 11 is 0. The van der Waals surface area contributed by atoms with Crippen molar-refractivity contribution >= 4 is 0 Å². The number of hydrogen-bond donors (Lipinski definition) is 1. The van der Waals surface area contributed by atoms with E-state index in [1.165, 1.54) is 0 Å². The van der Waals surface area contributed by atoms with E-state index in [9.17, 15) is 5.11 Å². The van der Waals surface area contributed by atoms with E-state index in [0.717, 1.165) is 42.0 Å². The van der Waals surface area contributed by atoms with E-state index in [1.54, 1.807) is 7.11 Å². The molecule has 5 heteroatoms. The largest absolute Gasteiger partial charge is 0.497 e. The van der Waals surface area contributed by atoms with Gasteiger partial charge in [0.25, 0.3) is 0 Å². The van der Waals surface area contributed by atoms with Crippen molar-refractivity contribution in [3.8, 4) is 17.2 Å². The second kappa shape index (κ2) is 7.15. The van der Waals surface area contributed by atoms with Crippen LogP contribution in [0.2, 0.25) is 0 Å². The van der Waals surface area contributed by atoms with Gasteiger partial charge in [-0.1, -0.05) is 6.07 Å². The molecule has 1 aromatic carbocycles. The zero-order chi connectivity index (χ0) is 16.2. The lowest BCUT2D eigenvalue weighted by molar-refractivity contribution is -0.0240. The SMILES string of the molecule is COc1cccc(-c2nc(CO[C@H]3CCC[C@@H](O)C3)c(C)o2)c1. The van der Waals surface area contributed by atoms with Gasteiger partial charge in [-0.05, 0) is 50.8 Å². The van der Waals surface area contributed by atoms with Crippen LogP contribution >= 0.6 is 0 Å². The summed E-state index contributed by atoms with van der Waals surface area (Å²) in [5.74, 6) is 2.11. The molecule has 23 heavy (non-hydrogen) atoms. The zero-order valence-electron chi connectivity index (χ0n) is 13.6. The number of aromatic nitrogens is 1. The first-order chi connectivity index (χ1) is 11.2. The highest BCUT2D eigenvalue weighted by atomic mass is 16.5. The van der Waals surface area contributed by atoms with Gasteiger partial charge in [0.2, 0.25) is 5.89 Å². The summed E-state index contributed by atoms with van der Waals surface area (Å²) in [5.41, 5.74) is 1.69. The number of aliphatic hydroxyl groups is 1. The summed E-state index contributed by atoms with van der Waals surface area (Å²) in [4.78, 5) is 4.55. The lowest BCUT2D eigenvalue weighted by Gasteiger charge is -2.25. The Labute approximate surface area is 136 Å². The number of nitrogens with zero attached hydrogens (tertiary/aromatic N) is 1. The van der Waals surface area contributed by atoms with E-state index in [2.05, 4.69) is 4.98 Å². The third-order valence-electron chi connectivity index (χ3n) is 4.26. The lowest BCUT2D eigenvalue weighted by atomic mass is 9.95. The van der Waals surface area contributed by atoms with Crippen molar-refractivity contribution < 1.29 is 19.0 Å². The first kappa shape index (κ1) is 16.0. The molecule has 0 saturated heterocycles. The average molecular weight is 317 g/mol. The van der Waals surface area contributed by atoms with Crippen LogP contribution in [0, 0.1) is 6.92 Å². The van der Waals surface area contributed by atoms with E-state index in [4.69, 9.17) is 13.9 Å². The molecule has 1 heterocycles. The molecule has 0 amide bonds. The van der Waals surface area contributed by atoms with Gasteiger partial charge in [0.05, 0.1) is 25.9 Å². The predicted octanol–water partition coefficient (Wildman–Crippen LogP) is 3.48. The quantitative estimate of drug-likeness (QED) is 0.914. The van der Waals surface area contributed by atoms with Crippen molar-refractivity contribution in [1.82, 2.24) is 4.98 Å². The number of aryl methyl sites for hydroxylation is 1. The highest BCUT2D eigenvalue weighted by Gasteiger charge is 2.21. The normalized spacial score (nSPS) is 21.3. The van der Waals surface area contributed by atoms with E-state index in [-0.39, 0.29) is 12.2 Å². The third kappa shape index (κ3) is 3.92. The number of hydrogen-bond acceptors (Lipinski definition) is 5. The number of oxazole rings is 1. The molecule has 1 aromatic heterocycles. The van der Waals surface area contributed by atoms with Crippen molar-refractivity contribution in [3.05, 3.63) is 35.7 Å². The lowest BCUT2D eigenvalue weighted by Crippen LogP contribution is -2.25. The second-order valence-electron chi connectivity index (χ2n) is 6.01. The van der Waals surface area contributed by atoms with Gasteiger partial charge < -0.3 is 19.0 Å². The molecule has 3 rings (SSSR count). The van der Waals surface area contributed by atoms with Crippen LogP contribution in [0.1, 0.15) is 37.1 Å². The first-order valence-electron chi connectivity index (χ1n) is 8.06. The number of aliphatic hydroxyl groups excluding tert-OH is 1. The molecule has 124 valence electrons. The number of ether oxygens (including phenoxy) is 2. The molecule has 0 aliphatic heterocycles. The van der Waals surface area contributed by atoms with Gasteiger partial charge in [-0.3, -0.25) is 0 Å². The Kier molecular flexibility index (Phi) is 4.98. The van der Waals surface area contributed by atoms with Crippen molar-refractivity contribution in [2.24, 2.45) is 0 Å². The molecule has 1 fully saturated rings. The van der Waals surface area contributed by atoms with Gasteiger partial charge in [0, 0.05) is 5.56 Å². The van der Waals surface area contributed by atoms with Gasteiger partial charge in [-0.15, -0.1) is 0 Å². The smallest absolute Gasteiger partial charge is 0.226 e. The van der Waals surface area contributed by atoms with Crippen LogP contribution < -0.4 is 4.74 Å². The molecule has 0 spiro atoms. The molecular formula is C18H23NO4. The maximum Gasteiger partial charge on any atom is 0.226 e. The van der Waals surface area contributed by atoms with Crippen LogP contribution in [0.25, 0.3) is 11.5 Å². The van der Waals surface area contributed by atoms with Crippen LogP contribution in [-0.2, 0) is 11.3 Å². The molecule has 1 aliphatic carbocycles. The van der Waals surface area contributed by atoms with Crippen molar-refractivity contribution in [2.45, 2.75) is 51.4 Å². The molecule has 1 N–H and O–H groups in total.